The maximum atomic E-state index is 13.1. The third-order valence-electron chi connectivity index (χ3n) is 7.56. The summed E-state index contributed by atoms with van der Waals surface area (Å²) in [6, 6.07) is 15.0. The van der Waals surface area contributed by atoms with Crippen molar-refractivity contribution in [2.75, 3.05) is 14.1 Å². The fourth-order valence-corrected chi connectivity index (χ4v) is 5.76. The van der Waals surface area contributed by atoms with E-state index in [-0.39, 0.29) is 11.8 Å². The van der Waals surface area contributed by atoms with Crippen LogP contribution in [0.3, 0.4) is 0 Å². The molecule has 0 fully saturated rings. The molecule has 2 amide bonds. The van der Waals surface area contributed by atoms with E-state index in [2.05, 4.69) is 54.0 Å². The van der Waals surface area contributed by atoms with Crippen molar-refractivity contribution in [1.29, 1.82) is 0 Å². The Kier molecular flexibility index (Phi) is 4.58. The van der Waals surface area contributed by atoms with Gasteiger partial charge in [-0.25, -0.2) is 0 Å². The van der Waals surface area contributed by atoms with Crippen LogP contribution in [0.25, 0.3) is 33.0 Å². The maximum absolute atomic E-state index is 13.1. The number of aromatic nitrogens is 2. The molecule has 0 aliphatic carbocycles. The van der Waals surface area contributed by atoms with Gasteiger partial charge in [-0.3, -0.25) is 14.9 Å². The average Bonchev–Trinajstić information content (AvgIpc) is 3.44. The third kappa shape index (κ3) is 2.98. The number of hydrogen-bond donors (Lipinski definition) is 1. The molecule has 4 aromatic rings. The van der Waals surface area contributed by atoms with E-state index in [1.54, 1.807) is 0 Å². The monoisotopic (exact) mass is 452 g/mol. The van der Waals surface area contributed by atoms with Crippen LogP contribution in [0.15, 0.2) is 48.7 Å². The number of hydrogen-bond acceptors (Lipinski definition) is 3. The second-order valence-corrected chi connectivity index (χ2v) is 9.83. The van der Waals surface area contributed by atoms with Gasteiger partial charge in [0.1, 0.15) is 0 Å². The summed E-state index contributed by atoms with van der Waals surface area (Å²) in [5.74, 6) is -0.662. The van der Waals surface area contributed by atoms with Crippen molar-refractivity contribution in [3.8, 4) is 0 Å². The van der Waals surface area contributed by atoms with E-state index >= 15 is 0 Å². The predicted molar refractivity (Wildman–Crippen MR) is 135 cm³/mol. The van der Waals surface area contributed by atoms with Crippen LogP contribution in [0.5, 0.6) is 0 Å². The zero-order chi connectivity index (χ0) is 23.7. The van der Waals surface area contributed by atoms with Gasteiger partial charge in [0.15, 0.2) is 0 Å². The van der Waals surface area contributed by atoms with Crippen LogP contribution in [0, 0.1) is 6.92 Å². The normalized spacial score (nSPS) is 18.4. The molecule has 6 nitrogen and oxygen atoms in total. The van der Waals surface area contributed by atoms with Gasteiger partial charge in [0, 0.05) is 65.3 Å². The van der Waals surface area contributed by atoms with Gasteiger partial charge in [-0.2, -0.15) is 0 Å². The van der Waals surface area contributed by atoms with Gasteiger partial charge >= 0.3 is 0 Å². The molecule has 6 rings (SSSR count). The van der Waals surface area contributed by atoms with Crippen molar-refractivity contribution in [3.63, 3.8) is 0 Å². The molecule has 34 heavy (non-hydrogen) atoms. The smallest absolute Gasteiger partial charge is 0.259 e. The number of carbonyl (C=O) groups excluding carboxylic acids is 2. The Morgan fingerprint density at radius 3 is 2.53 bits per heavy atom. The van der Waals surface area contributed by atoms with Gasteiger partial charge in [-0.15, -0.1) is 0 Å². The van der Waals surface area contributed by atoms with E-state index in [4.69, 9.17) is 0 Å². The van der Waals surface area contributed by atoms with E-state index in [0.717, 1.165) is 52.5 Å². The number of likely N-dealkylation sites (N-methyl/N-ethyl adjacent to an activating group) is 1. The van der Waals surface area contributed by atoms with E-state index in [1.165, 1.54) is 11.1 Å². The zero-order valence-electron chi connectivity index (χ0n) is 20.0. The summed E-state index contributed by atoms with van der Waals surface area (Å²) in [4.78, 5) is 28.4. The molecule has 1 atom stereocenters. The molecule has 0 spiro atoms. The summed E-state index contributed by atoms with van der Waals surface area (Å²) in [5, 5.41) is 4.74. The van der Waals surface area contributed by atoms with Gasteiger partial charge in [0.2, 0.25) is 0 Å². The van der Waals surface area contributed by atoms with Crippen LogP contribution in [-0.2, 0) is 29.6 Å². The van der Waals surface area contributed by atoms with Crippen LogP contribution in [0.2, 0.25) is 0 Å². The molecule has 2 aliphatic heterocycles. The molecule has 0 saturated carbocycles. The highest BCUT2D eigenvalue weighted by molar-refractivity contribution is 6.50. The molecular formula is C28H28N4O2. The first-order valence-corrected chi connectivity index (χ1v) is 11.8. The molecule has 172 valence electrons. The van der Waals surface area contributed by atoms with E-state index < -0.39 is 0 Å². The molecule has 1 N–H and O–H groups in total. The highest BCUT2D eigenvalue weighted by Crippen LogP contribution is 2.38. The highest BCUT2D eigenvalue weighted by atomic mass is 16.2. The largest absolute Gasteiger partial charge is 0.350 e. The SMILES string of the molecule is Cc1cc(C2=C(c3cn(C)c4ccccc34)C(=O)NC2=O)cc2c1cc1n2CCC(N(C)C)C1. The van der Waals surface area contributed by atoms with Gasteiger partial charge in [-0.1, -0.05) is 24.3 Å². The fraction of sp³-hybridized carbons (Fsp3) is 0.286. The van der Waals surface area contributed by atoms with Crippen LogP contribution >= 0.6 is 0 Å². The van der Waals surface area contributed by atoms with Gasteiger partial charge in [0.25, 0.3) is 11.8 Å². The number of fused-ring (bicyclic) bond motifs is 4. The van der Waals surface area contributed by atoms with Gasteiger partial charge in [-0.05, 0) is 56.8 Å². The molecule has 0 saturated heterocycles. The molecule has 0 radical (unpaired) electrons. The first kappa shape index (κ1) is 20.9. The molecule has 6 heteroatoms. The van der Waals surface area contributed by atoms with Gasteiger partial charge < -0.3 is 14.0 Å². The lowest BCUT2D eigenvalue weighted by Crippen LogP contribution is -2.35. The molecule has 1 unspecified atom stereocenters. The summed E-state index contributed by atoms with van der Waals surface area (Å²) in [7, 11) is 6.25. The minimum Gasteiger partial charge on any atom is -0.350 e. The van der Waals surface area contributed by atoms with E-state index in [1.807, 2.05) is 42.1 Å². The molecule has 2 aromatic heterocycles. The Balaban J connectivity index is 1.57. The minimum absolute atomic E-state index is 0.329. The zero-order valence-corrected chi connectivity index (χ0v) is 20.0. The van der Waals surface area contributed by atoms with Gasteiger partial charge in [0.05, 0.1) is 11.1 Å². The molecule has 0 bridgehead atoms. The number of benzene rings is 2. The Bertz CT molecular complexity index is 1550. The fourth-order valence-electron chi connectivity index (χ4n) is 5.76. The number of amides is 2. The van der Waals surface area contributed by atoms with Crippen LogP contribution < -0.4 is 5.32 Å². The number of rotatable bonds is 3. The second-order valence-electron chi connectivity index (χ2n) is 9.83. The molecule has 2 aromatic carbocycles. The lowest BCUT2D eigenvalue weighted by atomic mass is 9.94. The van der Waals surface area contributed by atoms with Crippen molar-refractivity contribution in [1.82, 2.24) is 19.4 Å². The summed E-state index contributed by atoms with van der Waals surface area (Å²) in [5.41, 5.74) is 7.12. The summed E-state index contributed by atoms with van der Waals surface area (Å²) in [6.45, 7) is 3.04. The topological polar surface area (TPSA) is 59.3 Å². The second kappa shape index (κ2) is 7.43. The van der Waals surface area contributed by atoms with E-state index in [9.17, 15) is 9.59 Å². The number of carbonyl (C=O) groups is 2. The van der Waals surface area contributed by atoms with Crippen molar-refractivity contribution >= 4 is 44.8 Å². The number of imide groups is 1. The quantitative estimate of drug-likeness (QED) is 0.480. The van der Waals surface area contributed by atoms with Crippen LogP contribution in [0.4, 0.5) is 0 Å². The van der Waals surface area contributed by atoms with Crippen molar-refractivity contribution in [3.05, 3.63) is 71.0 Å². The third-order valence-corrected chi connectivity index (χ3v) is 7.56. The first-order chi connectivity index (χ1) is 16.3. The number of nitrogens with one attached hydrogen (secondary N) is 1. The number of aryl methyl sites for hydroxylation is 3. The summed E-state index contributed by atoms with van der Waals surface area (Å²) < 4.78 is 4.39. The average molecular weight is 453 g/mol. The molecule has 4 heterocycles. The first-order valence-electron chi connectivity index (χ1n) is 11.8. The van der Waals surface area contributed by atoms with Crippen LogP contribution in [-0.4, -0.2) is 46.0 Å². The standard InChI is InChI=1S/C28H28N4O2/c1-16-11-17(12-24-21(16)14-19-13-18(30(2)3)9-10-32(19)24)25-26(28(34)29-27(25)33)22-15-31(4)23-8-6-5-7-20(22)23/h5-8,11-12,14-15,18H,9-10,13H2,1-4H3,(H,29,33,34). The lowest BCUT2D eigenvalue weighted by Gasteiger charge is -2.30. The maximum Gasteiger partial charge on any atom is 0.259 e. The Hall–Kier alpha value is -3.64. The summed E-state index contributed by atoms with van der Waals surface area (Å²) >= 11 is 0. The van der Waals surface area contributed by atoms with E-state index in [0.29, 0.717) is 17.2 Å². The Morgan fingerprint density at radius 2 is 1.74 bits per heavy atom. The summed E-state index contributed by atoms with van der Waals surface area (Å²) in [6.07, 6.45) is 4.06. The van der Waals surface area contributed by atoms with Crippen molar-refractivity contribution in [2.45, 2.75) is 32.4 Å². The minimum atomic E-state index is -0.333. The predicted octanol–water partition coefficient (Wildman–Crippen LogP) is 3.89. The Labute approximate surface area is 198 Å². The number of para-hydroxylation sites is 1. The lowest BCUT2D eigenvalue weighted by molar-refractivity contribution is -0.122. The van der Waals surface area contributed by atoms with Crippen LogP contribution in [0.1, 0.15) is 28.8 Å². The van der Waals surface area contributed by atoms with Crippen molar-refractivity contribution < 1.29 is 9.59 Å². The van der Waals surface area contributed by atoms with Crippen molar-refractivity contribution in [2.24, 2.45) is 7.05 Å². The molecular weight excluding hydrogens is 424 g/mol. The number of nitrogens with zero attached hydrogens (tertiary/aromatic N) is 3. The highest BCUT2D eigenvalue weighted by Gasteiger charge is 2.34. The Morgan fingerprint density at radius 1 is 0.971 bits per heavy atom. The molecule has 2 aliphatic rings.